The van der Waals surface area contributed by atoms with Crippen LogP contribution in [0.25, 0.3) is 0 Å². The van der Waals surface area contributed by atoms with Crippen molar-refractivity contribution in [3.63, 3.8) is 0 Å². The van der Waals surface area contributed by atoms with Crippen molar-refractivity contribution in [1.29, 1.82) is 0 Å². The molecule has 0 aliphatic carbocycles. The van der Waals surface area contributed by atoms with Crippen LogP contribution in [0.2, 0.25) is 0 Å². The molecule has 0 saturated carbocycles. The first-order chi connectivity index (χ1) is 14.8. The van der Waals surface area contributed by atoms with Crippen molar-refractivity contribution < 1.29 is 28.0 Å². The zero-order chi connectivity index (χ0) is 22.7. The van der Waals surface area contributed by atoms with E-state index < -0.39 is 27.6 Å². The van der Waals surface area contributed by atoms with Crippen molar-refractivity contribution in [3.8, 4) is 0 Å². The number of nitrogens with one attached hydrogen (secondary N) is 6. The molecular formula is C18H36N6O6S. The molecule has 1 amide bonds. The van der Waals surface area contributed by atoms with Gasteiger partial charge in [-0.2, -0.15) is 10.2 Å². The molecule has 2 fully saturated rings. The summed E-state index contributed by atoms with van der Waals surface area (Å²) in [5.74, 6) is -2.18. The molecule has 0 radical (unpaired) electrons. The molecule has 0 spiro atoms. The maximum absolute atomic E-state index is 12.5. The highest BCUT2D eigenvalue weighted by Gasteiger charge is 2.43. The number of carbonyl (C=O) groups excluding carboxylic acids is 1. The van der Waals surface area contributed by atoms with Crippen LogP contribution in [-0.2, 0) is 24.4 Å². The minimum absolute atomic E-state index is 0.00765. The lowest BCUT2D eigenvalue weighted by molar-refractivity contribution is -0.149. The lowest BCUT2D eigenvalue weighted by atomic mass is 10.0. The van der Waals surface area contributed by atoms with Gasteiger partial charge in [0.15, 0.2) is 0 Å². The SMILES string of the molecule is CCCCS(=O)(=O)NC(CCCCNC1NCCN1)(NC(=O)CC1CCON1)C(=O)O. The summed E-state index contributed by atoms with van der Waals surface area (Å²) < 4.78 is 27.3. The number of aliphatic carboxylic acids is 1. The van der Waals surface area contributed by atoms with Gasteiger partial charge in [-0.25, -0.2) is 13.2 Å². The summed E-state index contributed by atoms with van der Waals surface area (Å²) in [7, 11) is -3.90. The zero-order valence-electron chi connectivity index (χ0n) is 18.0. The molecule has 2 atom stereocenters. The molecule has 2 saturated heterocycles. The minimum Gasteiger partial charge on any atom is -0.478 e. The van der Waals surface area contributed by atoms with E-state index in [0.717, 1.165) is 13.1 Å². The van der Waals surface area contributed by atoms with Crippen LogP contribution >= 0.6 is 0 Å². The number of amides is 1. The van der Waals surface area contributed by atoms with Crippen molar-refractivity contribution in [3.05, 3.63) is 0 Å². The third-order valence-corrected chi connectivity index (χ3v) is 6.70. The van der Waals surface area contributed by atoms with Crippen LogP contribution in [0, 0.1) is 0 Å². The van der Waals surface area contributed by atoms with E-state index in [9.17, 15) is 23.1 Å². The van der Waals surface area contributed by atoms with Gasteiger partial charge in [0, 0.05) is 25.6 Å². The fourth-order valence-corrected chi connectivity index (χ4v) is 5.04. The summed E-state index contributed by atoms with van der Waals surface area (Å²) in [4.78, 5) is 29.8. The number of hydrogen-bond donors (Lipinski definition) is 7. The third kappa shape index (κ3) is 8.96. The first-order valence-electron chi connectivity index (χ1n) is 10.9. The van der Waals surface area contributed by atoms with Gasteiger partial charge in [-0.3, -0.25) is 20.7 Å². The quantitative estimate of drug-likeness (QED) is 0.112. The van der Waals surface area contributed by atoms with Crippen LogP contribution in [0.5, 0.6) is 0 Å². The predicted octanol–water partition coefficient (Wildman–Crippen LogP) is -1.48. The second kappa shape index (κ2) is 12.6. The van der Waals surface area contributed by atoms with Crippen molar-refractivity contribution >= 4 is 21.9 Å². The average Bonchev–Trinajstić information content (AvgIpc) is 3.39. The molecule has 13 heteroatoms. The Morgan fingerprint density at radius 1 is 1.19 bits per heavy atom. The Kier molecular flexibility index (Phi) is 10.6. The monoisotopic (exact) mass is 464 g/mol. The van der Waals surface area contributed by atoms with E-state index in [-0.39, 0.29) is 30.9 Å². The van der Waals surface area contributed by atoms with Gasteiger partial charge >= 0.3 is 5.97 Å². The fourth-order valence-electron chi connectivity index (χ4n) is 3.50. The van der Waals surface area contributed by atoms with E-state index in [1.807, 2.05) is 6.92 Å². The summed E-state index contributed by atoms with van der Waals surface area (Å²) in [5, 5.41) is 22.1. The van der Waals surface area contributed by atoms with Crippen molar-refractivity contribution in [2.75, 3.05) is 32.0 Å². The molecule has 0 aromatic heterocycles. The largest absolute Gasteiger partial charge is 0.478 e. The molecule has 2 unspecified atom stereocenters. The Morgan fingerprint density at radius 3 is 2.55 bits per heavy atom. The van der Waals surface area contributed by atoms with E-state index >= 15 is 0 Å². The average molecular weight is 465 g/mol. The summed E-state index contributed by atoms with van der Waals surface area (Å²) in [6, 6.07) is -0.237. The molecule has 2 aliphatic rings. The Labute approximate surface area is 183 Å². The highest BCUT2D eigenvalue weighted by molar-refractivity contribution is 7.89. The minimum atomic E-state index is -3.90. The smallest absolute Gasteiger partial charge is 0.345 e. The van der Waals surface area contributed by atoms with E-state index in [4.69, 9.17) is 4.84 Å². The van der Waals surface area contributed by atoms with Gasteiger partial charge in [0.1, 0.15) is 6.29 Å². The number of rotatable bonds is 15. The Morgan fingerprint density at radius 2 is 1.94 bits per heavy atom. The second-order valence-corrected chi connectivity index (χ2v) is 9.78. The summed E-state index contributed by atoms with van der Waals surface area (Å²) in [6.45, 7) is 4.65. The number of hydroxylamine groups is 1. The van der Waals surface area contributed by atoms with Gasteiger partial charge in [0.2, 0.25) is 21.6 Å². The molecule has 12 nitrogen and oxygen atoms in total. The molecule has 7 N–H and O–H groups in total. The molecule has 0 aromatic carbocycles. The maximum Gasteiger partial charge on any atom is 0.345 e. The molecule has 2 heterocycles. The fraction of sp³-hybridized carbons (Fsp3) is 0.889. The predicted molar refractivity (Wildman–Crippen MR) is 114 cm³/mol. The van der Waals surface area contributed by atoms with Crippen LogP contribution in [-0.4, -0.2) is 75.4 Å². The van der Waals surface area contributed by atoms with Crippen LogP contribution < -0.4 is 31.5 Å². The molecule has 0 bridgehead atoms. The lowest BCUT2D eigenvalue weighted by Gasteiger charge is -2.32. The number of carboxylic acids is 1. The molecule has 31 heavy (non-hydrogen) atoms. The highest BCUT2D eigenvalue weighted by atomic mass is 32.2. The zero-order valence-corrected chi connectivity index (χ0v) is 18.9. The molecule has 180 valence electrons. The van der Waals surface area contributed by atoms with Gasteiger partial charge in [0.25, 0.3) is 0 Å². The Hall–Kier alpha value is -1.35. The normalized spacial score (nSPS) is 21.8. The second-order valence-electron chi connectivity index (χ2n) is 7.94. The van der Waals surface area contributed by atoms with Gasteiger partial charge in [-0.1, -0.05) is 13.3 Å². The highest BCUT2D eigenvalue weighted by Crippen LogP contribution is 2.16. The lowest BCUT2D eigenvalue weighted by Crippen LogP contribution is -2.66. The van der Waals surface area contributed by atoms with Gasteiger partial charge in [-0.15, -0.1) is 0 Å². The van der Waals surface area contributed by atoms with Crippen LogP contribution in [0.3, 0.4) is 0 Å². The van der Waals surface area contributed by atoms with Crippen molar-refractivity contribution in [1.82, 2.24) is 31.5 Å². The molecule has 0 aromatic rings. The standard InChI is InChI=1S/C18H36N6O6S/c1-2-3-12-31(28,29)24-18(16(26)27,22-15(25)13-14-6-11-30-23-14)7-4-5-8-19-17-20-9-10-21-17/h14,17,19-21,23-24H,2-13H2,1H3,(H,22,25)(H,26,27). The maximum atomic E-state index is 12.5. The summed E-state index contributed by atoms with van der Waals surface area (Å²) in [6.07, 6.45) is 2.60. The first kappa shape index (κ1) is 25.9. The summed E-state index contributed by atoms with van der Waals surface area (Å²) >= 11 is 0. The number of unbranched alkanes of at least 4 members (excludes halogenated alkanes) is 2. The third-order valence-electron chi connectivity index (χ3n) is 5.21. The molecule has 2 aliphatic heterocycles. The first-order valence-corrected chi connectivity index (χ1v) is 12.5. The van der Waals surface area contributed by atoms with Crippen molar-refractivity contribution in [2.45, 2.75) is 69.9 Å². The van der Waals surface area contributed by atoms with Crippen LogP contribution in [0.4, 0.5) is 0 Å². The van der Waals surface area contributed by atoms with E-state index in [1.54, 1.807) is 0 Å². The number of sulfonamides is 1. The van der Waals surface area contributed by atoms with Crippen LogP contribution in [0.1, 0.15) is 51.9 Å². The summed E-state index contributed by atoms with van der Waals surface area (Å²) in [5.41, 5.74) is 0.608. The Balaban J connectivity index is 2.00. The van der Waals surface area contributed by atoms with Gasteiger partial charge < -0.3 is 15.3 Å². The van der Waals surface area contributed by atoms with Gasteiger partial charge in [0.05, 0.1) is 12.4 Å². The van der Waals surface area contributed by atoms with E-state index in [2.05, 4.69) is 31.5 Å². The number of hydrogen-bond acceptors (Lipinski definition) is 9. The Bertz CT molecular complexity index is 681. The van der Waals surface area contributed by atoms with E-state index in [1.165, 1.54) is 0 Å². The van der Waals surface area contributed by atoms with Crippen molar-refractivity contribution in [2.24, 2.45) is 0 Å². The van der Waals surface area contributed by atoms with E-state index in [0.29, 0.717) is 45.3 Å². The number of carboxylic acid groups (broad SMARTS) is 1. The van der Waals surface area contributed by atoms with Crippen LogP contribution in [0.15, 0.2) is 0 Å². The molecule has 2 rings (SSSR count). The molecular weight excluding hydrogens is 428 g/mol. The topological polar surface area (TPSA) is 170 Å². The number of carbonyl (C=O) groups is 2. The van der Waals surface area contributed by atoms with Gasteiger partial charge in [-0.05, 0) is 38.6 Å².